The molecule has 0 spiro atoms. The van der Waals surface area contributed by atoms with Crippen LogP contribution < -0.4 is 10.2 Å². The van der Waals surface area contributed by atoms with Gasteiger partial charge < -0.3 is 10.2 Å². The van der Waals surface area contributed by atoms with Gasteiger partial charge in [-0.05, 0) is 34.1 Å². The summed E-state index contributed by atoms with van der Waals surface area (Å²) in [5.41, 5.74) is 1.18. The zero-order valence-corrected chi connectivity index (χ0v) is 15.5. The van der Waals surface area contributed by atoms with Gasteiger partial charge in [-0.25, -0.2) is 4.98 Å². The summed E-state index contributed by atoms with van der Waals surface area (Å²) in [7, 11) is 2.06. The molecule has 0 aliphatic carbocycles. The van der Waals surface area contributed by atoms with E-state index in [1.807, 2.05) is 12.3 Å². The van der Waals surface area contributed by atoms with E-state index >= 15 is 0 Å². The van der Waals surface area contributed by atoms with E-state index in [4.69, 9.17) is 11.6 Å². The second-order valence-electron chi connectivity index (χ2n) is 5.23. The Morgan fingerprint density at radius 1 is 1.43 bits per heavy atom. The molecule has 0 radical (unpaired) electrons. The summed E-state index contributed by atoms with van der Waals surface area (Å²) in [6.45, 7) is 5.89. The maximum absolute atomic E-state index is 5.99. The van der Waals surface area contributed by atoms with Gasteiger partial charge in [-0.2, -0.15) is 0 Å². The Labute approximate surface area is 143 Å². The molecule has 114 valence electrons. The average Bonchev–Trinajstić information content (AvgIpc) is 2.81. The number of rotatable bonds is 6. The molecule has 0 amide bonds. The van der Waals surface area contributed by atoms with Crippen LogP contribution in [0.1, 0.15) is 24.3 Å². The molecule has 0 fully saturated rings. The molecule has 0 atom stereocenters. The Morgan fingerprint density at radius 2 is 2.19 bits per heavy atom. The van der Waals surface area contributed by atoms with Gasteiger partial charge in [0.2, 0.25) is 0 Å². The maximum atomic E-state index is 5.99. The lowest BCUT2D eigenvalue weighted by molar-refractivity contribution is 0.587. The van der Waals surface area contributed by atoms with Crippen LogP contribution in [0.4, 0.5) is 5.82 Å². The van der Waals surface area contributed by atoms with Crippen LogP contribution >= 0.6 is 38.9 Å². The second kappa shape index (κ2) is 7.58. The fourth-order valence-corrected chi connectivity index (χ4v) is 3.53. The Hall–Kier alpha value is -0.620. The third-order valence-electron chi connectivity index (χ3n) is 2.99. The average molecular weight is 389 g/mol. The number of hydrogen-bond donors (Lipinski definition) is 1. The number of thiophene rings is 1. The lowest BCUT2D eigenvalue weighted by Crippen LogP contribution is -2.25. The molecule has 0 bridgehead atoms. The van der Waals surface area contributed by atoms with Crippen molar-refractivity contribution < 1.29 is 0 Å². The summed E-state index contributed by atoms with van der Waals surface area (Å²) < 4.78 is 1.82. The van der Waals surface area contributed by atoms with Crippen LogP contribution in [0, 0.1) is 0 Å². The van der Waals surface area contributed by atoms with Gasteiger partial charge >= 0.3 is 0 Å². The van der Waals surface area contributed by atoms with Crippen LogP contribution in [0.2, 0.25) is 4.34 Å². The minimum absolute atomic E-state index is 0.443. The summed E-state index contributed by atoms with van der Waals surface area (Å²) in [6.07, 6.45) is 1.84. The Kier molecular flexibility index (Phi) is 6.05. The first-order valence-electron chi connectivity index (χ1n) is 6.79. The van der Waals surface area contributed by atoms with Crippen molar-refractivity contribution in [2.75, 3.05) is 11.9 Å². The van der Waals surface area contributed by atoms with E-state index in [1.165, 1.54) is 10.4 Å². The highest BCUT2D eigenvalue weighted by molar-refractivity contribution is 9.10. The Bertz CT molecular complexity index is 600. The van der Waals surface area contributed by atoms with E-state index in [0.29, 0.717) is 6.04 Å². The van der Waals surface area contributed by atoms with E-state index in [1.54, 1.807) is 11.3 Å². The second-order valence-corrected chi connectivity index (χ2v) is 7.95. The van der Waals surface area contributed by atoms with Gasteiger partial charge in [0.15, 0.2) is 0 Å². The van der Waals surface area contributed by atoms with E-state index in [0.717, 1.165) is 27.7 Å². The highest BCUT2D eigenvalue weighted by Gasteiger charge is 2.12. The third kappa shape index (κ3) is 4.95. The summed E-state index contributed by atoms with van der Waals surface area (Å²) in [4.78, 5) is 7.96. The van der Waals surface area contributed by atoms with Crippen molar-refractivity contribution in [2.24, 2.45) is 0 Å². The Balaban J connectivity index is 2.16. The molecule has 3 nitrogen and oxygen atoms in total. The third-order valence-corrected chi connectivity index (χ3v) is 4.64. The van der Waals surface area contributed by atoms with E-state index < -0.39 is 0 Å². The smallest absolute Gasteiger partial charge is 0.133 e. The van der Waals surface area contributed by atoms with E-state index in [-0.39, 0.29) is 0 Å². The topological polar surface area (TPSA) is 28.2 Å². The first-order valence-corrected chi connectivity index (χ1v) is 8.77. The van der Waals surface area contributed by atoms with Crippen molar-refractivity contribution >= 4 is 44.7 Å². The predicted molar refractivity (Wildman–Crippen MR) is 95.3 cm³/mol. The normalized spacial score (nSPS) is 11.1. The molecular weight excluding hydrogens is 370 g/mol. The van der Waals surface area contributed by atoms with Crippen LogP contribution in [-0.4, -0.2) is 18.1 Å². The van der Waals surface area contributed by atoms with Gasteiger partial charge in [0.1, 0.15) is 5.82 Å². The molecule has 0 aromatic carbocycles. The highest BCUT2D eigenvalue weighted by Crippen LogP contribution is 2.26. The van der Waals surface area contributed by atoms with Crippen molar-refractivity contribution in [1.29, 1.82) is 0 Å². The summed E-state index contributed by atoms with van der Waals surface area (Å²) in [6, 6.07) is 6.56. The fourth-order valence-electron chi connectivity index (χ4n) is 2.01. The van der Waals surface area contributed by atoms with Crippen LogP contribution in [0.3, 0.4) is 0 Å². The number of pyridine rings is 1. The molecule has 2 heterocycles. The van der Waals surface area contributed by atoms with E-state index in [9.17, 15) is 0 Å². The first kappa shape index (κ1) is 16.7. The molecule has 0 unspecified atom stereocenters. The van der Waals surface area contributed by atoms with Crippen LogP contribution in [0.25, 0.3) is 0 Å². The summed E-state index contributed by atoms with van der Waals surface area (Å²) in [5.74, 6) is 0.996. The van der Waals surface area contributed by atoms with Crippen molar-refractivity contribution in [1.82, 2.24) is 10.3 Å². The molecule has 0 aliphatic heterocycles. The van der Waals surface area contributed by atoms with Crippen molar-refractivity contribution in [2.45, 2.75) is 33.0 Å². The van der Waals surface area contributed by atoms with Crippen LogP contribution in [0.5, 0.6) is 0 Å². The van der Waals surface area contributed by atoms with Gasteiger partial charge in [0, 0.05) is 40.7 Å². The van der Waals surface area contributed by atoms with Gasteiger partial charge in [-0.3, -0.25) is 0 Å². The largest absolute Gasteiger partial charge is 0.354 e. The van der Waals surface area contributed by atoms with Crippen LogP contribution in [0.15, 0.2) is 28.9 Å². The van der Waals surface area contributed by atoms with Gasteiger partial charge in [-0.1, -0.05) is 25.4 Å². The molecule has 0 aliphatic rings. The van der Waals surface area contributed by atoms with Gasteiger partial charge in [0.25, 0.3) is 0 Å². The molecule has 0 saturated heterocycles. The molecule has 0 saturated carbocycles. The minimum Gasteiger partial charge on any atom is -0.354 e. The monoisotopic (exact) mass is 387 g/mol. The standard InChI is InChI=1S/C15H19BrClN3S/c1-10(2)18-7-11-6-12(16)8-19-15(11)20(3)9-13-4-5-14(17)21-13/h4-6,8,10,18H,7,9H2,1-3H3. The molecule has 6 heteroatoms. The number of nitrogens with one attached hydrogen (secondary N) is 1. The number of anilines is 1. The zero-order chi connectivity index (χ0) is 15.4. The molecule has 2 aromatic heterocycles. The lowest BCUT2D eigenvalue weighted by Gasteiger charge is -2.21. The van der Waals surface area contributed by atoms with Crippen LogP contribution in [-0.2, 0) is 13.1 Å². The van der Waals surface area contributed by atoms with Crippen molar-refractivity contribution in [3.63, 3.8) is 0 Å². The first-order chi connectivity index (χ1) is 9.95. The molecule has 2 aromatic rings. The summed E-state index contributed by atoms with van der Waals surface area (Å²) >= 11 is 11.1. The maximum Gasteiger partial charge on any atom is 0.133 e. The van der Waals surface area contributed by atoms with E-state index in [2.05, 4.69) is 64.2 Å². The highest BCUT2D eigenvalue weighted by atomic mass is 79.9. The quantitative estimate of drug-likeness (QED) is 0.778. The predicted octanol–water partition coefficient (Wildman–Crippen LogP) is 4.69. The minimum atomic E-state index is 0.443. The Morgan fingerprint density at radius 3 is 2.81 bits per heavy atom. The number of halogens is 2. The molecule has 2 rings (SSSR count). The number of hydrogen-bond acceptors (Lipinski definition) is 4. The molecular formula is C15H19BrClN3S. The van der Waals surface area contributed by atoms with Gasteiger partial charge in [-0.15, -0.1) is 11.3 Å². The SMILES string of the molecule is CC(C)NCc1cc(Br)cnc1N(C)Cc1ccc(Cl)s1. The molecule has 1 N–H and O–H groups in total. The number of nitrogens with zero attached hydrogens (tertiary/aromatic N) is 2. The number of aromatic nitrogens is 1. The fraction of sp³-hybridized carbons (Fsp3) is 0.400. The lowest BCUT2D eigenvalue weighted by atomic mass is 10.2. The van der Waals surface area contributed by atoms with Gasteiger partial charge in [0.05, 0.1) is 10.9 Å². The van der Waals surface area contributed by atoms with Crippen molar-refractivity contribution in [3.8, 4) is 0 Å². The zero-order valence-electron chi connectivity index (χ0n) is 12.4. The summed E-state index contributed by atoms with van der Waals surface area (Å²) in [5, 5.41) is 3.45. The van der Waals surface area contributed by atoms with Crippen molar-refractivity contribution in [3.05, 3.63) is 43.6 Å². The molecule has 21 heavy (non-hydrogen) atoms.